The van der Waals surface area contributed by atoms with Crippen molar-refractivity contribution in [3.05, 3.63) is 57.6 Å². The van der Waals surface area contributed by atoms with E-state index in [1.54, 1.807) is 18.3 Å². The van der Waals surface area contributed by atoms with Crippen molar-refractivity contribution in [2.75, 3.05) is 13.7 Å². The number of hydrogen-bond acceptors (Lipinski definition) is 4. The van der Waals surface area contributed by atoms with E-state index in [1.807, 2.05) is 38.1 Å². The molecular formula is C18H19BrN2O3. The Hall–Kier alpha value is -2.34. The van der Waals surface area contributed by atoms with Crippen LogP contribution in [-0.2, 0) is 0 Å². The molecule has 0 aromatic heterocycles. The van der Waals surface area contributed by atoms with Gasteiger partial charge in [-0.3, -0.25) is 4.79 Å². The van der Waals surface area contributed by atoms with E-state index in [1.165, 1.54) is 7.11 Å². The Labute approximate surface area is 149 Å². The van der Waals surface area contributed by atoms with Gasteiger partial charge in [0.05, 0.1) is 25.5 Å². The largest absolute Gasteiger partial charge is 0.496 e. The number of benzene rings is 2. The van der Waals surface area contributed by atoms with Gasteiger partial charge in [0.25, 0.3) is 5.91 Å². The fraction of sp³-hybridized carbons (Fsp3) is 0.222. The van der Waals surface area contributed by atoms with Gasteiger partial charge >= 0.3 is 0 Å². The Morgan fingerprint density at radius 1 is 1.25 bits per heavy atom. The van der Waals surface area contributed by atoms with Crippen LogP contribution in [0.5, 0.6) is 11.5 Å². The molecule has 2 rings (SSSR count). The van der Waals surface area contributed by atoms with Gasteiger partial charge in [0.2, 0.25) is 0 Å². The highest BCUT2D eigenvalue weighted by molar-refractivity contribution is 9.10. The van der Waals surface area contributed by atoms with Crippen LogP contribution in [0.25, 0.3) is 0 Å². The number of methoxy groups -OCH3 is 1. The van der Waals surface area contributed by atoms with Crippen LogP contribution in [-0.4, -0.2) is 25.8 Å². The number of carbonyl (C=O) groups is 1. The Morgan fingerprint density at radius 2 is 2.04 bits per heavy atom. The van der Waals surface area contributed by atoms with Gasteiger partial charge in [-0.2, -0.15) is 5.10 Å². The Balaban J connectivity index is 2.14. The number of nitrogens with zero attached hydrogens (tertiary/aromatic N) is 1. The van der Waals surface area contributed by atoms with Gasteiger partial charge in [-0.15, -0.1) is 0 Å². The maximum atomic E-state index is 12.3. The van der Waals surface area contributed by atoms with E-state index in [0.717, 1.165) is 15.6 Å². The fourth-order valence-corrected chi connectivity index (χ4v) is 2.49. The van der Waals surface area contributed by atoms with Crippen LogP contribution in [0.15, 0.2) is 46.0 Å². The molecule has 1 amide bonds. The summed E-state index contributed by atoms with van der Waals surface area (Å²) >= 11 is 3.41. The van der Waals surface area contributed by atoms with Crippen molar-refractivity contribution in [3.8, 4) is 11.5 Å². The SMILES string of the molecule is CCOc1ccc(Br)cc1/C=N\NC(=O)c1ccc(C)cc1OC. The number of amides is 1. The average molecular weight is 391 g/mol. The second-order valence-electron chi connectivity index (χ2n) is 5.02. The minimum absolute atomic E-state index is 0.337. The molecule has 0 heterocycles. The minimum Gasteiger partial charge on any atom is -0.496 e. The summed E-state index contributed by atoms with van der Waals surface area (Å²) in [7, 11) is 1.53. The van der Waals surface area contributed by atoms with Crippen LogP contribution in [0.1, 0.15) is 28.4 Å². The first-order valence-electron chi connectivity index (χ1n) is 7.45. The number of hydrazone groups is 1. The smallest absolute Gasteiger partial charge is 0.275 e. The van der Waals surface area contributed by atoms with Crippen molar-refractivity contribution >= 4 is 28.1 Å². The van der Waals surface area contributed by atoms with Gasteiger partial charge in [0.15, 0.2) is 0 Å². The zero-order valence-corrected chi connectivity index (χ0v) is 15.4. The second kappa shape index (κ2) is 8.49. The van der Waals surface area contributed by atoms with Gasteiger partial charge in [0, 0.05) is 10.0 Å². The number of rotatable bonds is 6. The summed E-state index contributed by atoms with van der Waals surface area (Å²) in [5.41, 5.74) is 4.72. The van der Waals surface area contributed by atoms with E-state index in [0.29, 0.717) is 23.7 Å². The Kier molecular flexibility index (Phi) is 6.37. The van der Waals surface area contributed by atoms with Crippen molar-refractivity contribution in [2.45, 2.75) is 13.8 Å². The highest BCUT2D eigenvalue weighted by Crippen LogP contribution is 2.22. The molecule has 2 aromatic carbocycles. The van der Waals surface area contributed by atoms with E-state index < -0.39 is 0 Å². The summed E-state index contributed by atoms with van der Waals surface area (Å²) in [6, 6.07) is 11.0. The lowest BCUT2D eigenvalue weighted by molar-refractivity contribution is 0.0952. The lowest BCUT2D eigenvalue weighted by Crippen LogP contribution is -2.18. The maximum absolute atomic E-state index is 12.3. The lowest BCUT2D eigenvalue weighted by atomic mass is 10.1. The van der Waals surface area contributed by atoms with E-state index in [-0.39, 0.29) is 5.91 Å². The van der Waals surface area contributed by atoms with E-state index in [9.17, 15) is 4.79 Å². The zero-order valence-electron chi connectivity index (χ0n) is 13.8. The van der Waals surface area contributed by atoms with Gasteiger partial charge in [-0.1, -0.05) is 22.0 Å². The molecule has 0 atom stereocenters. The molecule has 1 N–H and O–H groups in total. The van der Waals surface area contributed by atoms with Crippen LogP contribution in [0.3, 0.4) is 0 Å². The third kappa shape index (κ3) is 4.58. The molecule has 0 bridgehead atoms. The normalized spacial score (nSPS) is 10.7. The summed E-state index contributed by atoms with van der Waals surface area (Å²) in [5.74, 6) is 0.878. The predicted molar refractivity (Wildman–Crippen MR) is 98.1 cm³/mol. The maximum Gasteiger partial charge on any atom is 0.275 e. The van der Waals surface area contributed by atoms with E-state index >= 15 is 0 Å². The highest BCUT2D eigenvalue weighted by Gasteiger charge is 2.11. The molecule has 0 aliphatic rings. The second-order valence-corrected chi connectivity index (χ2v) is 5.93. The van der Waals surface area contributed by atoms with Gasteiger partial charge in [0.1, 0.15) is 11.5 Å². The summed E-state index contributed by atoms with van der Waals surface area (Å²) in [5, 5.41) is 4.02. The molecule has 0 spiro atoms. The quantitative estimate of drug-likeness (QED) is 0.600. The molecule has 5 nitrogen and oxygen atoms in total. The van der Waals surface area contributed by atoms with Gasteiger partial charge in [-0.25, -0.2) is 5.43 Å². The summed E-state index contributed by atoms with van der Waals surface area (Å²) in [4.78, 5) is 12.3. The number of halogens is 1. The third-order valence-electron chi connectivity index (χ3n) is 3.24. The molecule has 0 unspecified atom stereocenters. The number of nitrogens with one attached hydrogen (secondary N) is 1. The summed E-state index contributed by atoms with van der Waals surface area (Å²) in [6.07, 6.45) is 1.55. The van der Waals surface area contributed by atoms with Gasteiger partial charge in [-0.05, 0) is 49.7 Å². The third-order valence-corrected chi connectivity index (χ3v) is 3.74. The average Bonchev–Trinajstić information content (AvgIpc) is 2.57. The van der Waals surface area contributed by atoms with E-state index in [2.05, 4.69) is 26.5 Å². The Morgan fingerprint density at radius 3 is 2.75 bits per heavy atom. The predicted octanol–water partition coefficient (Wildman–Crippen LogP) is 3.93. The zero-order chi connectivity index (χ0) is 17.5. The van der Waals surface area contributed by atoms with Crippen LogP contribution in [0.4, 0.5) is 0 Å². The molecule has 2 aromatic rings. The standard InChI is InChI=1S/C18H19BrN2O3/c1-4-24-16-8-6-14(19)10-13(16)11-20-21-18(22)15-7-5-12(2)9-17(15)23-3/h5-11H,4H2,1-3H3,(H,21,22)/b20-11-. The summed E-state index contributed by atoms with van der Waals surface area (Å²) in [6.45, 7) is 4.40. The van der Waals surface area contributed by atoms with Crippen molar-refractivity contribution < 1.29 is 14.3 Å². The van der Waals surface area contributed by atoms with Crippen LogP contribution in [0, 0.1) is 6.92 Å². The molecule has 0 saturated carbocycles. The van der Waals surface area contributed by atoms with Gasteiger partial charge < -0.3 is 9.47 Å². The minimum atomic E-state index is -0.337. The van der Waals surface area contributed by atoms with E-state index in [4.69, 9.17) is 9.47 Å². The number of hydrogen-bond donors (Lipinski definition) is 1. The molecule has 0 saturated heterocycles. The first kappa shape index (κ1) is 18.0. The fourth-order valence-electron chi connectivity index (χ4n) is 2.11. The number of carbonyl (C=O) groups excluding carboxylic acids is 1. The molecular weight excluding hydrogens is 372 g/mol. The van der Waals surface area contributed by atoms with Crippen molar-refractivity contribution in [3.63, 3.8) is 0 Å². The lowest BCUT2D eigenvalue weighted by Gasteiger charge is -2.08. The van der Waals surface area contributed by atoms with Crippen molar-refractivity contribution in [1.29, 1.82) is 0 Å². The van der Waals surface area contributed by atoms with Crippen molar-refractivity contribution in [1.82, 2.24) is 5.43 Å². The summed E-state index contributed by atoms with van der Waals surface area (Å²) < 4.78 is 11.7. The van der Waals surface area contributed by atoms with Crippen molar-refractivity contribution in [2.24, 2.45) is 5.10 Å². The van der Waals surface area contributed by atoms with Crippen LogP contribution in [0.2, 0.25) is 0 Å². The van der Waals surface area contributed by atoms with Crippen LogP contribution >= 0.6 is 15.9 Å². The molecule has 0 aliphatic heterocycles. The molecule has 126 valence electrons. The van der Waals surface area contributed by atoms with Crippen LogP contribution < -0.4 is 14.9 Å². The molecule has 0 radical (unpaired) electrons. The monoisotopic (exact) mass is 390 g/mol. The molecule has 0 aliphatic carbocycles. The Bertz CT molecular complexity index is 760. The molecule has 0 fully saturated rings. The number of ether oxygens (including phenoxy) is 2. The first-order chi connectivity index (χ1) is 11.5. The first-order valence-corrected chi connectivity index (χ1v) is 8.24. The number of aryl methyl sites for hydroxylation is 1. The topological polar surface area (TPSA) is 59.9 Å². The molecule has 6 heteroatoms. The highest BCUT2D eigenvalue weighted by atomic mass is 79.9. The molecule has 24 heavy (non-hydrogen) atoms.